The zero-order valence-electron chi connectivity index (χ0n) is 14.2. The van der Waals surface area contributed by atoms with Gasteiger partial charge in [0.2, 0.25) is 0 Å². The second-order valence-corrected chi connectivity index (χ2v) is 6.29. The SMILES string of the molecule is CCCNC(=O)c1nccc2c(C)c3[nH]c4ccc(O)cc4c3cc12. The number of fused-ring (bicyclic) bond motifs is 4. The zero-order valence-corrected chi connectivity index (χ0v) is 14.2. The smallest absolute Gasteiger partial charge is 0.270 e. The third-order valence-electron chi connectivity index (χ3n) is 4.63. The van der Waals surface area contributed by atoms with Crippen LogP contribution in [0.4, 0.5) is 0 Å². The summed E-state index contributed by atoms with van der Waals surface area (Å²) in [6.07, 6.45) is 2.55. The molecule has 0 bridgehead atoms. The average Bonchev–Trinajstić information content (AvgIpc) is 2.98. The first-order chi connectivity index (χ1) is 12.1. The normalized spacial score (nSPS) is 11.4. The first-order valence-corrected chi connectivity index (χ1v) is 8.41. The second kappa shape index (κ2) is 5.77. The number of aryl methyl sites for hydroxylation is 1. The number of carbonyl (C=O) groups excluding carboxylic acids is 1. The summed E-state index contributed by atoms with van der Waals surface area (Å²) in [6.45, 7) is 4.68. The Morgan fingerprint density at radius 1 is 1.16 bits per heavy atom. The minimum atomic E-state index is -0.158. The van der Waals surface area contributed by atoms with Gasteiger partial charge in [0, 0.05) is 34.4 Å². The van der Waals surface area contributed by atoms with E-state index < -0.39 is 0 Å². The summed E-state index contributed by atoms with van der Waals surface area (Å²) >= 11 is 0. The van der Waals surface area contributed by atoms with Gasteiger partial charge in [0.05, 0.1) is 5.52 Å². The van der Waals surface area contributed by atoms with Crippen LogP contribution in [-0.4, -0.2) is 27.5 Å². The maximum Gasteiger partial charge on any atom is 0.270 e. The molecule has 0 saturated carbocycles. The van der Waals surface area contributed by atoms with Crippen LogP contribution < -0.4 is 5.32 Å². The van der Waals surface area contributed by atoms with Crippen LogP contribution in [0, 0.1) is 6.92 Å². The van der Waals surface area contributed by atoms with E-state index in [2.05, 4.69) is 15.3 Å². The van der Waals surface area contributed by atoms with E-state index in [1.54, 1.807) is 18.3 Å². The molecule has 2 heterocycles. The minimum Gasteiger partial charge on any atom is -0.508 e. The summed E-state index contributed by atoms with van der Waals surface area (Å²) in [7, 11) is 0. The first kappa shape index (κ1) is 15.4. The number of benzene rings is 2. The monoisotopic (exact) mass is 333 g/mol. The molecule has 0 aliphatic carbocycles. The summed E-state index contributed by atoms with van der Waals surface area (Å²) in [5.41, 5.74) is 3.47. The molecule has 0 fully saturated rings. The molecule has 25 heavy (non-hydrogen) atoms. The van der Waals surface area contributed by atoms with Crippen molar-refractivity contribution in [2.45, 2.75) is 20.3 Å². The maximum absolute atomic E-state index is 12.5. The highest BCUT2D eigenvalue weighted by Crippen LogP contribution is 2.34. The van der Waals surface area contributed by atoms with Gasteiger partial charge in [-0.2, -0.15) is 0 Å². The highest BCUT2D eigenvalue weighted by Gasteiger charge is 2.16. The van der Waals surface area contributed by atoms with Gasteiger partial charge in [-0.1, -0.05) is 6.92 Å². The van der Waals surface area contributed by atoms with E-state index in [1.807, 2.05) is 32.0 Å². The first-order valence-electron chi connectivity index (χ1n) is 8.41. The van der Waals surface area contributed by atoms with Crippen molar-refractivity contribution >= 4 is 38.5 Å². The van der Waals surface area contributed by atoms with Crippen molar-refractivity contribution < 1.29 is 9.90 Å². The zero-order chi connectivity index (χ0) is 17.6. The average molecular weight is 333 g/mol. The Kier molecular flexibility index (Phi) is 3.57. The molecule has 0 saturated heterocycles. The molecule has 0 atom stereocenters. The highest BCUT2D eigenvalue weighted by atomic mass is 16.3. The number of aromatic hydroxyl groups is 1. The summed E-state index contributed by atoms with van der Waals surface area (Å²) in [6, 6.07) is 9.19. The number of hydrogen-bond acceptors (Lipinski definition) is 3. The Bertz CT molecular complexity index is 1130. The van der Waals surface area contributed by atoms with Gasteiger partial charge in [-0.15, -0.1) is 0 Å². The number of amides is 1. The molecule has 3 N–H and O–H groups in total. The predicted molar refractivity (Wildman–Crippen MR) is 100 cm³/mol. The van der Waals surface area contributed by atoms with Gasteiger partial charge in [-0.05, 0) is 54.6 Å². The number of rotatable bonds is 3. The fraction of sp³-hybridized carbons (Fsp3) is 0.200. The van der Waals surface area contributed by atoms with E-state index in [-0.39, 0.29) is 11.7 Å². The Morgan fingerprint density at radius 2 is 2.00 bits per heavy atom. The topological polar surface area (TPSA) is 78.0 Å². The van der Waals surface area contributed by atoms with Crippen LogP contribution in [0.25, 0.3) is 32.6 Å². The molecule has 0 aliphatic rings. The van der Waals surface area contributed by atoms with E-state index in [0.29, 0.717) is 12.2 Å². The summed E-state index contributed by atoms with van der Waals surface area (Å²) < 4.78 is 0. The molecule has 1 amide bonds. The van der Waals surface area contributed by atoms with Crippen LogP contribution in [0.1, 0.15) is 29.4 Å². The lowest BCUT2D eigenvalue weighted by Crippen LogP contribution is -2.25. The molecular weight excluding hydrogens is 314 g/mol. The summed E-state index contributed by atoms with van der Waals surface area (Å²) in [5, 5.41) is 16.5. The largest absolute Gasteiger partial charge is 0.508 e. The Labute approximate surface area is 144 Å². The molecule has 2 aromatic heterocycles. The maximum atomic E-state index is 12.5. The Balaban J connectivity index is 2.05. The van der Waals surface area contributed by atoms with Crippen LogP contribution in [0.2, 0.25) is 0 Å². The van der Waals surface area contributed by atoms with Crippen molar-refractivity contribution in [1.82, 2.24) is 15.3 Å². The molecule has 5 heteroatoms. The van der Waals surface area contributed by atoms with Crippen LogP contribution >= 0.6 is 0 Å². The lowest BCUT2D eigenvalue weighted by molar-refractivity contribution is 0.0950. The fourth-order valence-electron chi connectivity index (χ4n) is 3.37. The molecule has 4 aromatic rings. The number of hydrogen-bond donors (Lipinski definition) is 3. The Hall–Kier alpha value is -3.08. The fourth-order valence-corrected chi connectivity index (χ4v) is 3.37. The number of aromatic nitrogens is 2. The van der Waals surface area contributed by atoms with E-state index in [9.17, 15) is 9.90 Å². The number of H-pyrrole nitrogens is 1. The third kappa shape index (κ3) is 2.39. The van der Waals surface area contributed by atoms with Gasteiger partial charge >= 0.3 is 0 Å². The van der Waals surface area contributed by atoms with E-state index in [4.69, 9.17) is 0 Å². The van der Waals surface area contributed by atoms with Crippen LogP contribution in [-0.2, 0) is 0 Å². The summed E-state index contributed by atoms with van der Waals surface area (Å²) in [5.74, 6) is 0.0622. The quantitative estimate of drug-likeness (QED) is 0.530. The van der Waals surface area contributed by atoms with Crippen molar-refractivity contribution in [3.63, 3.8) is 0 Å². The number of carbonyl (C=O) groups is 1. The number of phenols is 1. The highest BCUT2D eigenvalue weighted by molar-refractivity contribution is 6.17. The predicted octanol–water partition coefficient (Wildman–Crippen LogP) is 4.02. The minimum absolute atomic E-state index is 0.158. The van der Waals surface area contributed by atoms with E-state index >= 15 is 0 Å². The molecule has 0 unspecified atom stereocenters. The molecule has 4 rings (SSSR count). The number of pyridine rings is 1. The molecule has 2 aromatic carbocycles. The van der Waals surface area contributed by atoms with E-state index in [1.165, 1.54) is 0 Å². The third-order valence-corrected chi connectivity index (χ3v) is 4.63. The Morgan fingerprint density at radius 3 is 2.80 bits per heavy atom. The molecule has 0 spiro atoms. The number of nitrogens with one attached hydrogen (secondary N) is 2. The van der Waals surface area contributed by atoms with Crippen molar-refractivity contribution in [3.05, 3.63) is 47.8 Å². The summed E-state index contributed by atoms with van der Waals surface area (Å²) in [4.78, 5) is 20.2. The van der Waals surface area contributed by atoms with Gasteiger partial charge in [0.25, 0.3) is 5.91 Å². The lowest BCUT2D eigenvalue weighted by Gasteiger charge is -2.09. The van der Waals surface area contributed by atoms with Crippen LogP contribution in [0.3, 0.4) is 0 Å². The van der Waals surface area contributed by atoms with Gasteiger partial charge in [-0.3, -0.25) is 9.78 Å². The van der Waals surface area contributed by atoms with Crippen molar-refractivity contribution in [2.75, 3.05) is 6.54 Å². The van der Waals surface area contributed by atoms with Gasteiger partial charge in [0.15, 0.2) is 0 Å². The lowest BCUT2D eigenvalue weighted by atomic mass is 10.00. The second-order valence-electron chi connectivity index (χ2n) is 6.29. The van der Waals surface area contributed by atoms with Crippen LogP contribution in [0.5, 0.6) is 5.75 Å². The molecular formula is C20H19N3O2. The van der Waals surface area contributed by atoms with Gasteiger partial charge in [0.1, 0.15) is 11.4 Å². The number of aromatic amines is 1. The molecule has 126 valence electrons. The van der Waals surface area contributed by atoms with Crippen LogP contribution in [0.15, 0.2) is 36.5 Å². The molecule has 5 nitrogen and oxygen atoms in total. The number of phenolic OH excluding ortho intramolecular Hbond substituents is 1. The molecule has 0 aliphatic heterocycles. The van der Waals surface area contributed by atoms with Crippen molar-refractivity contribution in [1.29, 1.82) is 0 Å². The van der Waals surface area contributed by atoms with Gasteiger partial charge < -0.3 is 15.4 Å². The van der Waals surface area contributed by atoms with E-state index in [0.717, 1.165) is 44.6 Å². The number of nitrogens with zero attached hydrogens (tertiary/aromatic N) is 1. The molecule has 0 radical (unpaired) electrons. The standard InChI is InChI=1S/C20H19N3O2/c1-3-7-22-20(25)19-15-10-16-14-9-12(24)4-5-17(14)23-18(16)11(2)13(15)6-8-21-19/h4-6,8-10,23-24H,3,7H2,1-2H3,(H,22,25). The van der Waals surface area contributed by atoms with Gasteiger partial charge in [-0.25, -0.2) is 0 Å². The van der Waals surface area contributed by atoms with Crippen molar-refractivity contribution in [3.8, 4) is 5.75 Å². The van der Waals surface area contributed by atoms with Crippen molar-refractivity contribution in [2.24, 2.45) is 0 Å².